The van der Waals surface area contributed by atoms with Crippen molar-refractivity contribution in [3.8, 4) is 11.5 Å². The van der Waals surface area contributed by atoms with E-state index in [-0.39, 0.29) is 17.3 Å². The fourth-order valence-electron chi connectivity index (χ4n) is 3.89. The molecule has 5 aromatic rings. The summed E-state index contributed by atoms with van der Waals surface area (Å²) in [5, 5.41) is 0.489. The third-order valence-electron chi connectivity index (χ3n) is 5.79. The number of hydrogen-bond donors (Lipinski definition) is 1. The summed E-state index contributed by atoms with van der Waals surface area (Å²) in [5.41, 5.74) is 1.36. The Morgan fingerprint density at radius 1 is 1.03 bits per heavy atom. The van der Waals surface area contributed by atoms with Crippen LogP contribution in [0.3, 0.4) is 0 Å². The van der Waals surface area contributed by atoms with E-state index >= 15 is 0 Å². The van der Waals surface area contributed by atoms with Gasteiger partial charge in [-0.25, -0.2) is 13.4 Å². The van der Waals surface area contributed by atoms with Crippen LogP contribution in [0.15, 0.2) is 94.4 Å². The molecule has 0 saturated carbocycles. The minimum absolute atomic E-state index is 0.0929. The highest BCUT2D eigenvalue weighted by atomic mass is 32.2. The molecule has 1 amide bonds. The van der Waals surface area contributed by atoms with Gasteiger partial charge in [0.05, 0.1) is 36.1 Å². The molecular weight excluding hydrogens is 538 g/mol. The molecule has 0 aliphatic heterocycles. The average Bonchev–Trinajstić information content (AvgIpc) is 3.62. The average molecular weight is 564 g/mol. The van der Waals surface area contributed by atoms with Crippen molar-refractivity contribution in [3.63, 3.8) is 0 Å². The van der Waals surface area contributed by atoms with Crippen LogP contribution < -0.4 is 19.1 Å². The van der Waals surface area contributed by atoms with E-state index in [9.17, 15) is 13.2 Å². The van der Waals surface area contributed by atoms with Crippen molar-refractivity contribution < 1.29 is 27.1 Å². The number of nitrogens with one attached hydrogen (secondary N) is 1. The number of para-hydroxylation sites is 1. The van der Waals surface area contributed by atoms with Crippen molar-refractivity contribution in [2.45, 2.75) is 18.4 Å². The van der Waals surface area contributed by atoms with Gasteiger partial charge in [0, 0.05) is 11.3 Å². The molecule has 0 aliphatic carbocycles. The number of rotatable bonds is 10. The first-order valence-electron chi connectivity index (χ1n) is 12.0. The van der Waals surface area contributed by atoms with Crippen LogP contribution in [0.25, 0.3) is 10.2 Å². The summed E-state index contributed by atoms with van der Waals surface area (Å²) in [6.45, 7) is 2.57. The lowest BCUT2D eigenvalue weighted by molar-refractivity contribution is 0.0983. The number of ether oxygens (including phenoxy) is 2. The number of anilines is 2. The zero-order valence-corrected chi connectivity index (χ0v) is 22.8. The molecule has 0 atom stereocenters. The Bertz CT molecular complexity index is 1680. The number of amides is 1. The zero-order chi connectivity index (χ0) is 27.4. The molecule has 3 aromatic carbocycles. The van der Waals surface area contributed by atoms with E-state index < -0.39 is 10.0 Å². The smallest absolute Gasteiger partial charge is 0.261 e. The van der Waals surface area contributed by atoms with E-state index in [0.717, 1.165) is 4.70 Å². The van der Waals surface area contributed by atoms with Crippen LogP contribution in [0.1, 0.15) is 23.0 Å². The van der Waals surface area contributed by atoms with Gasteiger partial charge in [-0.2, -0.15) is 0 Å². The summed E-state index contributed by atoms with van der Waals surface area (Å²) in [6.07, 6.45) is 1.55. The van der Waals surface area contributed by atoms with Gasteiger partial charge in [-0.3, -0.25) is 14.4 Å². The number of nitrogens with zero attached hydrogens (tertiary/aromatic N) is 2. The molecule has 0 unspecified atom stereocenters. The molecule has 2 aromatic heterocycles. The molecule has 0 spiro atoms. The maximum atomic E-state index is 13.7. The van der Waals surface area contributed by atoms with Crippen LogP contribution >= 0.6 is 11.3 Å². The second-order valence-electron chi connectivity index (χ2n) is 8.36. The molecule has 11 heteroatoms. The summed E-state index contributed by atoms with van der Waals surface area (Å²) in [7, 11) is -2.31. The van der Waals surface area contributed by atoms with Gasteiger partial charge in [0.15, 0.2) is 5.13 Å². The molecule has 200 valence electrons. The number of thiazole rings is 1. The first-order valence-corrected chi connectivity index (χ1v) is 14.3. The highest BCUT2D eigenvalue weighted by Gasteiger charge is 2.24. The Hall–Kier alpha value is -4.35. The molecule has 0 bridgehead atoms. The van der Waals surface area contributed by atoms with E-state index in [4.69, 9.17) is 18.9 Å². The lowest BCUT2D eigenvalue weighted by Crippen LogP contribution is -2.30. The quantitative estimate of drug-likeness (QED) is 0.224. The van der Waals surface area contributed by atoms with Gasteiger partial charge in [0.25, 0.3) is 15.9 Å². The largest absolute Gasteiger partial charge is 0.497 e. The monoisotopic (exact) mass is 563 g/mol. The van der Waals surface area contributed by atoms with Crippen LogP contribution in [0.2, 0.25) is 0 Å². The second-order valence-corrected chi connectivity index (χ2v) is 11.1. The summed E-state index contributed by atoms with van der Waals surface area (Å²) >= 11 is 1.37. The standard InChI is InChI=1S/C28H25N3O6S2/c1-3-36-24-7-4-8-25-26(24)29-28(38-25)31(18-22-6-5-17-37-22)27(32)19-9-11-20(12-10-19)30-39(33,34)23-15-13-21(35-2)14-16-23/h4-17,30H,3,18H2,1-2H3. The van der Waals surface area contributed by atoms with E-state index in [1.807, 2.05) is 25.1 Å². The number of sulfonamides is 1. The maximum absolute atomic E-state index is 13.7. The van der Waals surface area contributed by atoms with Crippen molar-refractivity contribution in [3.05, 3.63) is 96.4 Å². The Kier molecular flexibility index (Phi) is 7.53. The zero-order valence-electron chi connectivity index (χ0n) is 21.2. The summed E-state index contributed by atoms with van der Waals surface area (Å²) < 4.78 is 45.3. The molecule has 9 nitrogen and oxygen atoms in total. The van der Waals surface area contributed by atoms with Gasteiger partial charge in [-0.1, -0.05) is 17.4 Å². The minimum Gasteiger partial charge on any atom is -0.497 e. The lowest BCUT2D eigenvalue weighted by Gasteiger charge is -2.19. The number of carbonyl (C=O) groups is 1. The van der Waals surface area contributed by atoms with Gasteiger partial charge in [0.1, 0.15) is 22.8 Å². The number of furan rings is 1. The lowest BCUT2D eigenvalue weighted by atomic mass is 10.2. The third-order valence-corrected chi connectivity index (χ3v) is 8.24. The molecule has 39 heavy (non-hydrogen) atoms. The van der Waals surface area contributed by atoms with Gasteiger partial charge in [-0.05, 0) is 79.7 Å². The summed E-state index contributed by atoms with van der Waals surface area (Å²) in [4.78, 5) is 20.1. The van der Waals surface area contributed by atoms with Gasteiger partial charge < -0.3 is 13.9 Å². The fourth-order valence-corrected chi connectivity index (χ4v) is 5.93. The fraction of sp³-hybridized carbons (Fsp3) is 0.143. The molecule has 1 N–H and O–H groups in total. The van der Waals surface area contributed by atoms with Crippen molar-refractivity contribution in [2.75, 3.05) is 23.3 Å². The van der Waals surface area contributed by atoms with Gasteiger partial charge in [-0.15, -0.1) is 0 Å². The predicted molar refractivity (Wildman–Crippen MR) is 150 cm³/mol. The molecular formula is C28H25N3O6S2. The van der Waals surface area contributed by atoms with Gasteiger partial charge >= 0.3 is 0 Å². The number of methoxy groups -OCH3 is 1. The summed E-state index contributed by atoms with van der Waals surface area (Å²) in [5.74, 6) is 1.49. The van der Waals surface area contributed by atoms with Crippen molar-refractivity contribution in [2.24, 2.45) is 0 Å². The molecule has 0 aliphatic rings. The molecule has 5 rings (SSSR count). The highest BCUT2D eigenvalue weighted by Crippen LogP contribution is 2.35. The number of aromatic nitrogens is 1. The Labute approximate surface area is 229 Å². The van der Waals surface area contributed by atoms with E-state index in [1.54, 1.807) is 54.8 Å². The van der Waals surface area contributed by atoms with E-state index in [0.29, 0.717) is 45.8 Å². The number of carbonyl (C=O) groups excluding carboxylic acids is 1. The maximum Gasteiger partial charge on any atom is 0.261 e. The minimum atomic E-state index is -3.82. The second kappa shape index (κ2) is 11.2. The number of hydrogen-bond acceptors (Lipinski definition) is 8. The van der Waals surface area contributed by atoms with Crippen LogP contribution in [0, 0.1) is 0 Å². The molecule has 0 saturated heterocycles. The summed E-state index contributed by atoms with van der Waals surface area (Å²) in [6, 6.07) is 21.5. The SMILES string of the molecule is CCOc1cccc2sc(N(Cc3ccco3)C(=O)c3ccc(NS(=O)(=O)c4ccc(OC)cc4)cc3)nc12. The van der Waals surface area contributed by atoms with E-state index in [2.05, 4.69) is 4.72 Å². The molecule has 0 fully saturated rings. The highest BCUT2D eigenvalue weighted by molar-refractivity contribution is 7.92. The Balaban J connectivity index is 1.41. The first-order chi connectivity index (χ1) is 18.9. The third kappa shape index (κ3) is 5.74. The van der Waals surface area contributed by atoms with Crippen molar-refractivity contribution in [1.29, 1.82) is 0 Å². The molecule has 0 radical (unpaired) electrons. The number of fused-ring (bicyclic) bond motifs is 1. The molecule has 2 heterocycles. The first kappa shape index (κ1) is 26.3. The number of benzene rings is 3. The van der Waals surface area contributed by atoms with Crippen LogP contribution in [-0.2, 0) is 16.6 Å². The van der Waals surface area contributed by atoms with Crippen molar-refractivity contribution >= 4 is 48.3 Å². The Morgan fingerprint density at radius 2 is 1.79 bits per heavy atom. The topological polar surface area (TPSA) is 111 Å². The van der Waals surface area contributed by atoms with Crippen molar-refractivity contribution in [1.82, 2.24) is 4.98 Å². The van der Waals surface area contributed by atoms with Gasteiger partial charge in [0.2, 0.25) is 0 Å². The van der Waals surface area contributed by atoms with Crippen LogP contribution in [0.4, 0.5) is 10.8 Å². The van der Waals surface area contributed by atoms with Crippen LogP contribution in [-0.4, -0.2) is 33.0 Å². The normalized spacial score (nSPS) is 11.3. The Morgan fingerprint density at radius 3 is 2.46 bits per heavy atom. The van der Waals surface area contributed by atoms with Crippen LogP contribution in [0.5, 0.6) is 11.5 Å². The van der Waals surface area contributed by atoms with E-state index in [1.165, 1.54) is 35.5 Å². The predicted octanol–water partition coefficient (Wildman–Crippen LogP) is 5.94.